The summed E-state index contributed by atoms with van der Waals surface area (Å²) in [6.45, 7) is 3.54. The van der Waals surface area contributed by atoms with Crippen LogP contribution < -0.4 is 10.1 Å². The highest BCUT2D eigenvalue weighted by atomic mass is 19.1. The predicted octanol–water partition coefficient (Wildman–Crippen LogP) is 2.83. The van der Waals surface area contributed by atoms with Crippen LogP contribution in [0.2, 0.25) is 0 Å². The number of fused-ring (bicyclic) bond motifs is 1. The van der Waals surface area contributed by atoms with Gasteiger partial charge in [0.05, 0.1) is 6.04 Å². The second-order valence-electron chi connectivity index (χ2n) is 6.15. The average molecular weight is 315 g/mol. The molecular weight excluding hydrogens is 297 g/mol. The molecule has 0 saturated carbocycles. The topological polar surface area (TPSA) is 58.6 Å². The van der Waals surface area contributed by atoms with Crippen molar-refractivity contribution in [3.63, 3.8) is 0 Å². The van der Waals surface area contributed by atoms with Gasteiger partial charge in [0.15, 0.2) is 0 Å². The third kappa shape index (κ3) is 2.92. The molecule has 0 fully saturated rings. The van der Waals surface area contributed by atoms with Gasteiger partial charge in [0.2, 0.25) is 0 Å². The Kier molecular flexibility index (Phi) is 3.82. The molecule has 2 aromatic rings. The quantitative estimate of drug-likeness (QED) is 0.896. The van der Waals surface area contributed by atoms with Gasteiger partial charge in [-0.15, -0.1) is 0 Å². The molecule has 0 bridgehead atoms. The van der Waals surface area contributed by atoms with Crippen LogP contribution in [0, 0.1) is 5.82 Å². The first kappa shape index (κ1) is 15.5. The largest absolute Gasteiger partial charge is 0.485 e. The number of amides is 1. The minimum atomic E-state index is -0.915. The average Bonchev–Trinajstić information content (AvgIpc) is 2.52. The highest BCUT2D eigenvalue weighted by molar-refractivity contribution is 5.94. The number of ether oxygens (including phenoxy) is 1. The smallest absolute Gasteiger partial charge is 0.251 e. The van der Waals surface area contributed by atoms with E-state index >= 15 is 0 Å². The van der Waals surface area contributed by atoms with Crippen LogP contribution in [-0.2, 0) is 0 Å². The van der Waals surface area contributed by atoms with Crippen LogP contribution in [0.5, 0.6) is 5.75 Å². The molecule has 0 radical (unpaired) electrons. The Morgan fingerprint density at radius 2 is 1.83 bits per heavy atom. The van der Waals surface area contributed by atoms with Gasteiger partial charge in [-0.05, 0) is 44.2 Å². The number of rotatable bonds is 2. The second-order valence-corrected chi connectivity index (χ2v) is 6.15. The lowest BCUT2D eigenvalue weighted by molar-refractivity contribution is -0.0627. The number of benzene rings is 2. The number of aliphatic hydroxyl groups excluding tert-OH is 1. The van der Waals surface area contributed by atoms with Crippen molar-refractivity contribution in [1.82, 2.24) is 5.32 Å². The number of aliphatic hydroxyl groups is 1. The fourth-order valence-electron chi connectivity index (χ4n) is 2.73. The van der Waals surface area contributed by atoms with Gasteiger partial charge in [0, 0.05) is 11.1 Å². The Morgan fingerprint density at radius 3 is 2.52 bits per heavy atom. The molecule has 0 aromatic heterocycles. The molecule has 4 nitrogen and oxygen atoms in total. The molecule has 2 unspecified atom stereocenters. The summed E-state index contributed by atoms with van der Waals surface area (Å²) in [6.07, 6.45) is -0.915. The molecule has 2 atom stereocenters. The van der Waals surface area contributed by atoms with Crippen molar-refractivity contribution in [3.8, 4) is 5.75 Å². The minimum Gasteiger partial charge on any atom is -0.485 e. The van der Waals surface area contributed by atoms with Crippen molar-refractivity contribution in [3.05, 3.63) is 65.5 Å². The van der Waals surface area contributed by atoms with Crippen molar-refractivity contribution in [2.24, 2.45) is 0 Å². The van der Waals surface area contributed by atoms with Crippen molar-refractivity contribution >= 4 is 5.91 Å². The Bertz CT molecular complexity index is 727. The summed E-state index contributed by atoms with van der Waals surface area (Å²) in [5, 5.41) is 13.4. The zero-order valence-electron chi connectivity index (χ0n) is 12.9. The van der Waals surface area contributed by atoms with Crippen molar-refractivity contribution in [2.75, 3.05) is 0 Å². The van der Waals surface area contributed by atoms with Crippen LogP contribution in [-0.4, -0.2) is 22.7 Å². The Morgan fingerprint density at radius 1 is 1.17 bits per heavy atom. The summed E-state index contributed by atoms with van der Waals surface area (Å²) < 4.78 is 18.8. The lowest BCUT2D eigenvalue weighted by atomic mass is 9.86. The van der Waals surface area contributed by atoms with E-state index in [4.69, 9.17) is 4.74 Å². The van der Waals surface area contributed by atoms with Crippen LogP contribution in [0.15, 0.2) is 48.5 Å². The number of hydrogen-bond donors (Lipinski definition) is 2. The van der Waals surface area contributed by atoms with Gasteiger partial charge >= 0.3 is 0 Å². The number of para-hydroxylation sites is 1. The van der Waals surface area contributed by atoms with Crippen molar-refractivity contribution in [1.29, 1.82) is 0 Å². The second kappa shape index (κ2) is 5.66. The predicted molar refractivity (Wildman–Crippen MR) is 83.8 cm³/mol. The van der Waals surface area contributed by atoms with Gasteiger partial charge in [0.1, 0.15) is 23.3 Å². The number of hydrogen-bond acceptors (Lipinski definition) is 3. The monoisotopic (exact) mass is 315 g/mol. The van der Waals surface area contributed by atoms with Gasteiger partial charge in [-0.25, -0.2) is 4.39 Å². The first-order valence-electron chi connectivity index (χ1n) is 7.41. The summed E-state index contributed by atoms with van der Waals surface area (Å²) in [7, 11) is 0. The molecule has 1 aliphatic rings. The summed E-state index contributed by atoms with van der Waals surface area (Å²) >= 11 is 0. The van der Waals surface area contributed by atoms with Crippen LogP contribution >= 0.6 is 0 Å². The van der Waals surface area contributed by atoms with Crippen molar-refractivity contribution in [2.45, 2.75) is 31.6 Å². The van der Waals surface area contributed by atoms with E-state index in [0.717, 1.165) is 5.56 Å². The zero-order chi connectivity index (χ0) is 16.6. The molecule has 1 heterocycles. The van der Waals surface area contributed by atoms with E-state index in [1.807, 2.05) is 18.2 Å². The maximum Gasteiger partial charge on any atom is 0.251 e. The zero-order valence-corrected chi connectivity index (χ0v) is 12.9. The standard InChI is InChI=1S/C18H18FNO3/c1-18(2)16(21)15(13-5-3-4-6-14(13)23-18)20-17(22)11-7-9-12(19)10-8-11/h3-10,15-16,21H,1-2H3,(H,20,22). The van der Waals surface area contributed by atoms with Crippen molar-refractivity contribution < 1.29 is 19.0 Å². The Labute approximate surface area is 133 Å². The normalized spacial score (nSPS) is 21.9. The number of carbonyl (C=O) groups excluding carboxylic acids is 1. The van der Waals surface area contributed by atoms with Crippen LogP contribution in [0.4, 0.5) is 4.39 Å². The summed E-state index contributed by atoms with van der Waals surface area (Å²) in [6, 6.07) is 12.0. The van der Waals surface area contributed by atoms with Gasteiger partial charge < -0.3 is 15.2 Å². The molecule has 1 aliphatic heterocycles. The molecule has 0 spiro atoms. The number of halogens is 1. The highest BCUT2D eigenvalue weighted by Crippen LogP contribution is 2.39. The van der Waals surface area contributed by atoms with E-state index in [9.17, 15) is 14.3 Å². The van der Waals surface area contributed by atoms with Crippen LogP contribution in [0.25, 0.3) is 0 Å². The summed E-state index contributed by atoms with van der Waals surface area (Å²) in [5.41, 5.74) is 0.213. The molecule has 1 amide bonds. The van der Waals surface area contributed by atoms with Crippen LogP contribution in [0.1, 0.15) is 35.8 Å². The summed E-state index contributed by atoms with van der Waals surface area (Å²) in [5.74, 6) is -0.145. The van der Waals surface area contributed by atoms with E-state index < -0.39 is 23.6 Å². The number of nitrogens with one attached hydrogen (secondary N) is 1. The van der Waals surface area contributed by atoms with Gasteiger partial charge in [-0.1, -0.05) is 18.2 Å². The first-order valence-corrected chi connectivity index (χ1v) is 7.41. The Hall–Kier alpha value is -2.40. The molecule has 2 N–H and O–H groups in total. The fourth-order valence-corrected chi connectivity index (χ4v) is 2.73. The molecule has 120 valence electrons. The third-order valence-electron chi connectivity index (χ3n) is 4.05. The number of carbonyl (C=O) groups is 1. The van der Waals surface area contributed by atoms with E-state index in [0.29, 0.717) is 11.3 Å². The lowest BCUT2D eigenvalue weighted by Gasteiger charge is -2.42. The van der Waals surface area contributed by atoms with Gasteiger partial charge in [-0.2, -0.15) is 0 Å². The first-order chi connectivity index (χ1) is 10.9. The van der Waals surface area contributed by atoms with E-state index in [1.54, 1.807) is 19.9 Å². The third-order valence-corrected chi connectivity index (χ3v) is 4.05. The van der Waals surface area contributed by atoms with Gasteiger partial charge in [-0.3, -0.25) is 4.79 Å². The molecule has 23 heavy (non-hydrogen) atoms. The van der Waals surface area contributed by atoms with Gasteiger partial charge in [0.25, 0.3) is 5.91 Å². The highest BCUT2D eigenvalue weighted by Gasteiger charge is 2.43. The maximum absolute atomic E-state index is 13.0. The fraction of sp³-hybridized carbons (Fsp3) is 0.278. The molecule has 5 heteroatoms. The Balaban J connectivity index is 1.91. The van der Waals surface area contributed by atoms with E-state index in [2.05, 4.69) is 5.32 Å². The van der Waals surface area contributed by atoms with Crippen LogP contribution in [0.3, 0.4) is 0 Å². The molecule has 2 aromatic carbocycles. The summed E-state index contributed by atoms with van der Waals surface area (Å²) in [4.78, 5) is 12.4. The molecule has 3 rings (SSSR count). The maximum atomic E-state index is 13.0. The molecule has 0 aliphatic carbocycles. The molecular formula is C18H18FNO3. The SMILES string of the molecule is CC1(C)Oc2ccccc2C(NC(=O)c2ccc(F)cc2)C1O. The molecule has 0 saturated heterocycles. The lowest BCUT2D eigenvalue weighted by Crippen LogP contribution is -2.53. The van der Waals surface area contributed by atoms with E-state index in [1.165, 1.54) is 24.3 Å². The minimum absolute atomic E-state index is 0.334. The van der Waals surface area contributed by atoms with E-state index in [-0.39, 0.29) is 5.91 Å².